The van der Waals surface area contributed by atoms with Crippen LogP contribution in [0.25, 0.3) is 0 Å². The molecule has 0 aliphatic carbocycles. The molecule has 0 bridgehead atoms. The highest BCUT2D eigenvalue weighted by Crippen LogP contribution is 2.26. The van der Waals surface area contributed by atoms with Crippen LogP contribution >= 0.6 is 23.1 Å². The van der Waals surface area contributed by atoms with Gasteiger partial charge >= 0.3 is 0 Å². The average molecular weight is 184 g/mol. The first kappa shape index (κ1) is 8.60. The number of thiophene rings is 1. The number of nitrogens with zero attached hydrogens (tertiary/aromatic N) is 1. The fourth-order valence-corrected chi connectivity index (χ4v) is 2.31. The molecule has 1 aromatic rings. The van der Waals surface area contributed by atoms with E-state index in [2.05, 4.69) is 0 Å². The van der Waals surface area contributed by atoms with Gasteiger partial charge in [-0.05, 0) is 25.1 Å². The highest BCUT2D eigenvalue weighted by molar-refractivity contribution is 8.05. The molecule has 0 fully saturated rings. The summed E-state index contributed by atoms with van der Waals surface area (Å²) in [5.74, 6) is 0. The molecular formula is C7H8N2S2. The molecule has 2 nitrogen and oxygen atoms in total. The zero-order valence-electron chi connectivity index (χ0n) is 5.91. The highest BCUT2D eigenvalue weighted by Gasteiger charge is 1.98. The summed E-state index contributed by atoms with van der Waals surface area (Å²) in [4.78, 5) is 1.25. The third-order valence-electron chi connectivity index (χ3n) is 1.17. The topological polar surface area (TPSA) is 49.8 Å². The first-order valence-corrected chi connectivity index (χ1v) is 4.85. The molecule has 0 saturated heterocycles. The lowest BCUT2D eigenvalue weighted by Gasteiger charge is -1.87. The van der Waals surface area contributed by atoms with Gasteiger partial charge in [-0.3, -0.25) is 0 Å². The Kier molecular flexibility index (Phi) is 3.43. The SMILES string of the molecule is N#CSc1ccc(CCN)s1. The lowest BCUT2D eigenvalue weighted by Crippen LogP contribution is -2.00. The Labute approximate surface area is 74.0 Å². The summed E-state index contributed by atoms with van der Waals surface area (Å²) in [6.45, 7) is 0.678. The van der Waals surface area contributed by atoms with Gasteiger partial charge in [0, 0.05) is 16.6 Å². The van der Waals surface area contributed by atoms with E-state index >= 15 is 0 Å². The molecular weight excluding hydrogens is 176 g/mol. The molecule has 0 aromatic carbocycles. The van der Waals surface area contributed by atoms with E-state index in [-0.39, 0.29) is 0 Å². The van der Waals surface area contributed by atoms with E-state index in [1.165, 1.54) is 16.6 Å². The maximum atomic E-state index is 8.35. The number of thioether (sulfide) groups is 1. The zero-order chi connectivity index (χ0) is 8.10. The second kappa shape index (κ2) is 4.39. The minimum Gasteiger partial charge on any atom is -0.330 e. The van der Waals surface area contributed by atoms with Crippen molar-refractivity contribution in [3.8, 4) is 5.40 Å². The van der Waals surface area contributed by atoms with Crippen molar-refractivity contribution in [1.82, 2.24) is 0 Å². The Morgan fingerprint density at radius 2 is 2.45 bits per heavy atom. The summed E-state index contributed by atoms with van der Waals surface area (Å²) in [5.41, 5.74) is 5.38. The molecule has 0 atom stereocenters. The molecule has 0 aliphatic heterocycles. The van der Waals surface area contributed by atoms with Crippen LogP contribution in [-0.2, 0) is 6.42 Å². The molecule has 0 amide bonds. The number of hydrogen-bond donors (Lipinski definition) is 1. The number of hydrogen-bond acceptors (Lipinski definition) is 4. The van der Waals surface area contributed by atoms with Gasteiger partial charge in [-0.2, -0.15) is 5.26 Å². The van der Waals surface area contributed by atoms with E-state index in [1.54, 1.807) is 11.3 Å². The van der Waals surface area contributed by atoms with Gasteiger partial charge in [-0.15, -0.1) is 11.3 Å². The summed E-state index contributed by atoms with van der Waals surface area (Å²) < 4.78 is 1.05. The fraction of sp³-hybridized carbons (Fsp3) is 0.286. The van der Waals surface area contributed by atoms with Gasteiger partial charge in [0.05, 0.1) is 4.21 Å². The predicted molar refractivity (Wildman–Crippen MR) is 48.5 cm³/mol. The van der Waals surface area contributed by atoms with Crippen molar-refractivity contribution in [2.45, 2.75) is 10.6 Å². The van der Waals surface area contributed by atoms with Gasteiger partial charge in [0.1, 0.15) is 5.40 Å². The number of thiocyanates is 1. The summed E-state index contributed by atoms with van der Waals surface area (Å²) in [6, 6.07) is 3.99. The van der Waals surface area contributed by atoms with Crippen molar-refractivity contribution in [2.24, 2.45) is 5.73 Å². The van der Waals surface area contributed by atoms with Crippen LogP contribution in [0.1, 0.15) is 4.88 Å². The van der Waals surface area contributed by atoms with E-state index in [0.29, 0.717) is 6.54 Å². The molecule has 1 rings (SSSR count). The lowest BCUT2D eigenvalue weighted by molar-refractivity contribution is 0.989. The monoisotopic (exact) mass is 184 g/mol. The number of nitrogens with two attached hydrogens (primary N) is 1. The standard InChI is InChI=1S/C7H8N2S2/c8-4-3-6-1-2-7(11-6)10-5-9/h1-2H,3-4,8H2. The van der Waals surface area contributed by atoms with Crippen molar-refractivity contribution in [2.75, 3.05) is 6.54 Å². The molecule has 0 spiro atoms. The van der Waals surface area contributed by atoms with E-state index in [9.17, 15) is 0 Å². The summed E-state index contributed by atoms with van der Waals surface area (Å²) >= 11 is 2.85. The van der Waals surface area contributed by atoms with Gasteiger partial charge < -0.3 is 5.73 Å². The van der Waals surface area contributed by atoms with Crippen LogP contribution < -0.4 is 5.73 Å². The molecule has 0 saturated carbocycles. The molecule has 1 heterocycles. The lowest BCUT2D eigenvalue weighted by atomic mass is 10.3. The first-order valence-electron chi connectivity index (χ1n) is 3.21. The van der Waals surface area contributed by atoms with Crippen LogP contribution in [0.15, 0.2) is 16.3 Å². The van der Waals surface area contributed by atoms with Crippen LogP contribution in [0.2, 0.25) is 0 Å². The minimum absolute atomic E-state index is 0.678. The van der Waals surface area contributed by atoms with E-state index in [0.717, 1.165) is 10.6 Å². The van der Waals surface area contributed by atoms with E-state index in [4.69, 9.17) is 11.0 Å². The van der Waals surface area contributed by atoms with Gasteiger partial charge in [-0.1, -0.05) is 0 Å². The van der Waals surface area contributed by atoms with Crippen LogP contribution in [0.5, 0.6) is 0 Å². The maximum Gasteiger partial charge on any atom is 0.139 e. The number of nitriles is 1. The third-order valence-corrected chi connectivity index (χ3v) is 3.04. The molecule has 11 heavy (non-hydrogen) atoms. The minimum atomic E-state index is 0.678. The third kappa shape index (κ3) is 2.54. The molecule has 0 unspecified atom stereocenters. The van der Waals surface area contributed by atoms with Crippen LogP contribution in [0.3, 0.4) is 0 Å². The van der Waals surface area contributed by atoms with E-state index in [1.807, 2.05) is 17.5 Å². The predicted octanol–water partition coefficient (Wildman–Crippen LogP) is 1.82. The highest BCUT2D eigenvalue weighted by atomic mass is 32.2. The quantitative estimate of drug-likeness (QED) is 0.576. The Hall–Kier alpha value is -0.500. The second-order valence-electron chi connectivity index (χ2n) is 1.95. The maximum absolute atomic E-state index is 8.35. The van der Waals surface area contributed by atoms with Crippen LogP contribution in [0, 0.1) is 10.7 Å². The molecule has 1 aromatic heterocycles. The summed E-state index contributed by atoms with van der Waals surface area (Å²) in [7, 11) is 0. The number of rotatable bonds is 3. The van der Waals surface area contributed by atoms with Gasteiger partial charge in [0.2, 0.25) is 0 Å². The Balaban J connectivity index is 2.60. The van der Waals surface area contributed by atoms with Crippen molar-refractivity contribution in [3.63, 3.8) is 0 Å². The molecule has 4 heteroatoms. The van der Waals surface area contributed by atoms with Gasteiger partial charge in [0.25, 0.3) is 0 Å². The van der Waals surface area contributed by atoms with Crippen LogP contribution in [0.4, 0.5) is 0 Å². The normalized spacial score (nSPS) is 9.45. The Morgan fingerprint density at radius 3 is 3.09 bits per heavy atom. The van der Waals surface area contributed by atoms with Crippen molar-refractivity contribution < 1.29 is 0 Å². The van der Waals surface area contributed by atoms with Gasteiger partial charge in [-0.25, -0.2) is 0 Å². The first-order chi connectivity index (χ1) is 5.36. The Morgan fingerprint density at radius 1 is 1.64 bits per heavy atom. The average Bonchev–Trinajstić information content (AvgIpc) is 2.38. The van der Waals surface area contributed by atoms with Crippen molar-refractivity contribution in [1.29, 1.82) is 5.26 Å². The van der Waals surface area contributed by atoms with Crippen molar-refractivity contribution >= 4 is 23.1 Å². The zero-order valence-corrected chi connectivity index (χ0v) is 7.54. The molecule has 58 valence electrons. The smallest absolute Gasteiger partial charge is 0.139 e. The second-order valence-corrected chi connectivity index (χ2v) is 4.21. The molecule has 2 N–H and O–H groups in total. The van der Waals surface area contributed by atoms with E-state index < -0.39 is 0 Å². The summed E-state index contributed by atoms with van der Waals surface area (Å²) in [5, 5.41) is 10.4. The molecule has 0 radical (unpaired) electrons. The van der Waals surface area contributed by atoms with Crippen LogP contribution in [-0.4, -0.2) is 6.54 Å². The van der Waals surface area contributed by atoms with Crippen molar-refractivity contribution in [3.05, 3.63) is 17.0 Å². The Bertz CT molecular complexity index is 262. The molecule has 0 aliphatic rings. The van der Waals surface area contributed by atoms with Gasteiger partial charge in [0.15, 0.2) is 0 Å². The fourth-order valence-electron chi connectivity index (χ4n) is 0.735. The summed E-state index contributed by atoms with van der Waals surface area (Å²) in [6.07, 6.45) is 0.913. The largest absolute Gasteiger partial charge is 0.330 e.